The second-order valence-electron chi connectivity index (χ2n) is 5.16. The van der Waals surface area contributed by atoms with Crippen molar-refractivity contribution < 1.29 is 9.84 Å². The quantitative estimate of drug-likeness (QED) is 0.812. The summed E-state index contributed by atoms with van der Waals surface area (Å²) in [5, 5.41) is 8.73. The Kier molecular flexibility index (Phi) is 3.69. The van der Waals surface area contributed by atoms with Crippen LogP contribution in [0, 0.1) is 0 Å². The number of rotatable bonds is 6. The number of aromatic nitrogens is 2. The van der Waals surface area contributed by atoms with Gasteiger partial charge < -0.3 is 9.84 Å². The van der Waals surface area contributed by atoms with Crippen molar-refractivity contribution in [1.82, 2.24) is 9.55 Å². The van der Waals surface area contributed by atoms with Gasteiger partial charge in [-0.1, -0.05) is 25.0 Å². The zero-order valence-electron chi connectivity index (χ0n) is 11.1. The number of imidazole rings is 1. The molecule has 102 valence electrons. The van der Waals surface area contributed by atoms with Gasteiger partial charge in [0.15, 0.2) is 0 Å². The van der Waals surface area contributed by atoms with Gasteiger partial charge in [-0.3, -0.25) is 4.57 Å². The molecule has 1 aromatic heterocycles. The number of ether oxygens (including phenoxy) is 1. The molecule has 1 unspecified atom stereocenters. The number of nitrogens with zero attached hydrogens (tertiary/aromatic N) is 2. The molecule has 1 N–H and O–H groups in total. The molecule has 0 saturated carbocycles. The molecule has 2 heterocycles. The number of unbranched alkanes of at least 4 members (excludes halogenated alkanes) is 3. The fourth-order valence-electron chi connectivity index (χ4n) is 2.70. The minimum absolute atomic E-state index is 0.265. The third-order valence-corrected chi connectivity index (χ3v) is 3.71. The van der Waals surface area contributed by atoms with Crippen LogP contribution in [0.25, 0.3) is 11.0 Å². The van der Waals surface area contributed by atoms with E-state index in [-0.39, 0.29) is 6.10 Å². The summed E-state index contributed by atoms with van der Waals surface area (Å²) in [6, 6.07) is 8.93. The highest BCUT2D eigenvalue weighted by Crippen LogP contribution is 2.29. The van der Waals surface area contributed by atoms with E-state index in [0.717, 1.165) is 43.8 Å². The minimum atomic E-state index is 0.265. The molecule has 0 amide bonds. The highest BCUT2D eigenvalue weighted by molar-refractivity contribution is 5.76. The summed E-state index contributed by atoms with van der Waals surface area (Å²) in [7, 11) is 0. The number of aliphatic hydroxyl groups excluding tert-OH is 1. The molecule has 1 aromatic carbocycles. The summed E-state index contributed by atoms with van der Waals surface area (Å²) < 4.78 is 8.08. The third kappa shape index (κ3) is 2.59. The molecule has 1 aliphatic rings. The van der Waals surface area contributed by atoms with Gasteiger partial charge >= 0.3 is 0 Å². The molecule has 0 bridgehead atoms. The summed E-state index contributed by atoms with van der Waals surface area (Å²) in [5.41, 5.74) is 2.18. The van der Waals surface area contributed by atoms with Crippen LogP contribution in [0.2, 0.25) is 0 Å². The maximum atomic E-state index is 8.73. The molecule has 0 fully saturated rings. The van der Waals surface area contributed by atoms with Crippen molar-refractivity contribution in [2.75, 3.05) is 6.61 Å². The monoisotopic (exact) mass is 260 g/mol. The Morgan fingerprint density at radius 2 is 2.05 bits per heavy atom. The fraction of sp³-hybridized carbons (Fsp3) is 0.533. The zero-order chi connectivity index (χ0) is 13.1. The van der Waals surface area contributed by atoms with E-state index >= 15 is 0 Å². The van der Waals surface area contributed by atoms with E-state index in [1.165, 1.54) is 11.9 Å². The first-order valence-corrected chi connectivity index (χ1v) is 7.11. The summed E-state index contributed by atoms with van der Waals surface area (Å²) in [5.74, 6) is 0. The molecule has 4 heteroatoms. The predicted molar refractivity (Wildman–Crippen MR) is 74.3 cm³/mol. The van der Waals surface area contributed by atoms with Crippen LogP contribution in [0.3, 0.4) is 0 Å². The maximum absolute atomic E-state index is 8.73. The normalized spacial score (nSPS) is 17.6. The molecule has 0 aliphatic carbocycles. The van der Waals surface area contributed by atoms with Gasteiger partial charge in [-0.25, -0.2) is 0 Å². The van der Waals surface area contributed by atoms with Crippen LogP contribution >= 0.6 is 0 Å². The number of hydrogen-bond acceptors (Lipinski definition) is 3. The Balaban J connectivity index is 1.56. The van der Waals surface area contributed by atoms with Crippen LogP contribution in [-0.4, -0.2) is 27.4 Å². The maximum Gasteiger partial charge on any atom is 0.297 e. The van der Waals surface area contributed by atoms with E-state index in [1.807, 2.05) is 18.2 Å². The number of para-hydroxylation sites is 2. The predicted octanol–water partition coefficient (Wildman–Crippen LogP) is 2.74. The molecule has 0 spiro atoms. The fourth-order valence-corrected chi connectivity index (χ4v) is 2.70. The zero-order valence-corrected chi connectivity index (χ0v) is 11.1. The highest BCUT2D eigenvalue weighted by Gasteiger charge is 2.25. The van der Waals surface area contributed by atoms with Crippen LogP contribution in [0.4, 0.5) is 0 Å². The highest BCUT2D eigenvalue weighted by atomic mass is 16.5. The summed E-state index contributed by atoms with van der Waals surface area (Å²) in [6.45, 7) is 1.22. The third-order valence-electron chi connectivity index (χ3n) is 3.71. The lowest BCUT2D eigenvalue weighted by atomic mass is 10.1. The molecule has 1 atom stereocenters. The van der Waals surface area contributed by atoms with Gasteiger partial charge in [0.05, 0.1) is 17.6 Å². The van der Waals surface area contributed by atoms with Crippen molar-refractivity contribution in [3.8, 4) is 6.01 Å². The van der Waals surface area contributed by atoms with Gasteiger partial charge in [0, 0.05) is 6.61 Å². The molecule has 0 radical (unpaired) electrons. The largest absolute Gasteiger partial charge is 0.459 e. The molecule has 4 nitrogen and oxygen atoms in total. The van der Waals surface area contributed by atoms with Gasteiger partial charge in [0.2, 0.25) is 0 Å². The molecular formula is C15H20N2O2. The van der Waals surface area contributed by atoms with Crippen molar-refractivity contribution in [2.24, 2.45) is 0 Å². The van der Waals surface area contributed by atoms with Gasteiger partial charge in [0.25, 0.3) is 6.01 Å². The van der Waals surface area contributed by atoms with Crippen molar-refractivity contribution in [3.05, 3.63) is 24.3 Å². The minimum Gasteiger partial charge on any atom is -0.459 e. The molecule has 3 rings (SSSR count). The molecule has 19 heavy (non-hydrogen) atoms. The average molecular weight is 260 g/mol. The van der Waals surface area contributed by atoms with Crippen LogP contribution in [0.5, 0.6) is 6.01 Å². The lowest BCUT2D eigenvalue weighted by molar-refractivity contribution is 0.208. The smallest absolute Gasteiger partial charge is 0.297 e. The van der Waals surface area contributed by atoms with Crippen molar-refractivity contribution in [3.63, 3.8) is 0 Å². The van der Waals surface area contributed by atoms with E-state index in [0.29, 0.717) is 6.61 Å². The van der Waals surface area contributed by atoms with Crippen molar-refractivity contribution in [2.45, 2.75) is 44.8 Å². The van der Waals surface area contributed by atoms with Gasteiger partial charge in [-0.15, -0.1) is 0 Å². The van der Waals surface area contributed by atoms with Crippen molar-refractivity contribution in [1.29, 1.82) is 0 Å². The number of benzene rings is 1. The lowest BCUT2D eigenvalue weighted by Gasteiger charge is -2.08. The second-order valence-corrected chi connectivity index (χ2v) is 5.16. The standard InChI is InChI=1S/C15H20N2O2/c18-10-6-2-1-3-7-12-11-17-14-9-5-4-8-13(14)16-15(17)19-12/h4-5,8-9,12,18H,1-3,6-7,10-11H2. The van der Waals surface area contributed by atoms with E-state index in [1.54, 1.807) is 0 Å². The van der Waals surface area contributed by atoms with Crippen LogP contribution < -0.4 is 4.74 Å². The Morgan fingerprint density at radius 1 is 1.21 bits per heavy atom. The topological polar surface area (TPSA) is 47.3 Å². The van der Waals surface area contributed by atoms with Crippen LogP contribution in [0.1, 0.15) is 32.1 Å². The first-order chi connectivity index (χ1) is 9.38. The summed E-state index contributed by atoms with van der Waals surface area (Å²) in [6.07, 6.45) is 5.69. The Bertz CT molecular complexity index is 550. The second kappa shape index (κ2) is 5.61. The van der Waals surface area contributed by atoms with E-state index in [4.69, 9.17) is 9.84 Å². The molecule has 0 saturated heterocycles. The Morgan fingerprint density at radius 3 is 2.95 bits per heavy atom. The number of fused-ring (bicyclic) bond motifs is 3. The van der Waals surface area contributed by atoms with E-state index in [2.05, 4.69) is 15.6 Å². The first-order valence-electron chi connectivity index (χ1n) is 7.11. The lowest BCUT2D eigenvalue weighted by Crippen LogP contribution is -2.14. The van der Waals surface area contributed by atoms with Crippen LogP contribution in [0.15, 0.2) is 24.3 Å². The summed E-state index contributed by atoms with van der Waals surface area (Å²) in [4.78, 5) is 4.51. The molecule has 2 aromatic rings. The van der Waals surface area contributed by atoms with Gasteiger partial charge in [-0.2, -0.15) is 4.98 Å². The molecule has 1 aliphatic heterocycles. The van der Waals surface area contributed by atoms with Gasteiger partial charge in [0.1, 0.15) is 6.10 Å². The van der Waals surface area contributed by atoms with E-state index < -0.39 is 0 Å². The van der Waals surface area contributed by atoms with Crippen molar-refractivity contribution >= 4 is 11.0 Å². The SMILES string of the molecule is OCCCCCCC1Cn2c(nc3ccccc32)O1. The molecular weight excluding hydrogens is 240 g/mol. The summed E-state index contributed by atoms with van der Waals surface area (Å²) >= 11 is 0. The van der Waals surface area contributed by atoms with Gasteiger partial charge in [-0.05, 0) is 31.4 Å². The average Bonchev–Trinajstić information content (AvgIpc) is 2.95. The number of aliphatic hydroxyl groups is 1. The van der Waals surface area contributed by atoms with E-state index in [9.17, 15) is 0 Å². The Hall–Kier alpha value is -1.55. The Labute approximate surface area is 113 Å². The number of hydrogen-bond donors (Lipinski definition) is 1. The first kappa shape index (κ1) is 12.5. The van der Waals surface area contributed by atoms with Crippen LogP contribution in [-0.2, 0) is 6.54 Å².